The van der Waals surface area contributed by atoms with Gasteiger partial charge in [-0.2, -0.15) is 0 Å². The Morgan fingerprint density at radius 2 is 1.73 bits per heavy atom. The highest BCUT2D eigenvalue weighted by Gasteiger charge is 2.39. The Bertz CT molecular complexity index is 731. The lowest BCUT2D eigenvalue weighted by atomic mass is 9.86. The van der Waals surface area contributed by atoms with Crippen LogP contribution in [0.15, 0.2) is 24.3 Å². The van der Waals surface area contributed by atoms with Crippen LogP contribution >= 0.6 is 0 Å². The lowest BCUT2D eigenvalue weighted by molar-refractivity contribution is -0.128. The summed E-state index contributed by atoms with van der Waals surface area (Å²) in [5.74, 6) is 0.737. The predicted molar refractivity (Wildman–Crippen MR) is 100 cm³/mol. The molecule has 7 heteroatoms. The van der Waals surface area contributed by atoms with Crippen molar-refractivity contribution in [3.05, 3.63) is 29.8 Å². The first-order chi connectivity index (χ1) is 12.3. The predicted octanol–water partition coefficient (Wildman–Crippen LogP) is 2.25. The number of sulfonamides is 1. The number of benzene rings is 1. The number of amides is 1. The Hall–Kier alpha value is -1.60. The average Bonchev–Trinajstić information content (AvgIpc) is 3.11. The third-order valence-corrected chi connectivity index (χ3v) is 7.06. The number of carbonyl (C=O) groups is 1. The smallest absolute Gasteiger partial charge is 0.223 e. The van der Waals surface area contributed by atoms with Gasteiger partial charge in [0.2, 0.25) is 15.9 Å². The molecule has 2 aliphatic rings. The first-order valence-electron chi connectivity index (χ1n) is 9.26. The highest BCUT2D eigenvalue weighted by molar-refractivity contribution is 7.88. The molecule has 1 heterocycles. The molecule has 0 aromatic heterocycles. The standard InChI is InChI=1S/C19H28N2O4S/c1-25-17-7-5-16(6-8-17)19(11-3-4-12-19)20-18(22)15-9-13-21(14-10-15)26(2,23)24/h5-8,15H,3-4,9-14H2,1-2H3,(H,20,22). The molecule has 0 bridgehead atoms. The molecule has 144 valence electrons. The largest absolute Gasteiger partial charge is 0.497 e. The van der Waals surface area contributed by atoms with Crippen LogP contribution in [0.4, 0.5) is 0 Å². The van der Waals surface area contributed by atoms with E-state index < -0.39 is 10.0 Å². The Morgan fingerprint density at radius 3 is 2.23 bits per heavy atom. The molecule has 0 unspecified atom stereocenters. The van der Waals surface area contributed by atoms with Crippen molar-refractivity contribution in [1.29, 1.82) is 0 Å². The maximum Gasteiger partial charge on any atom is 0.223 e. The minimum atomic E-state index is -3.17. The number of hydrogen-bond acceptors (Lipinski definition) is 4. The van der Waals surface area contributed by atoms with E-state index in [1.165, 1.54) is 10.6 Å². The molecule has 0 radical (unpaired) electrons. The minimum Gasteiger partial charge on any atom is -0.497 e. The van der Waals surface area contributed by atoms with Crippen LogP contribution in [0.3, 0.4) is 0 Å². The number of piperidine rings is 1. The molecule has 2 fully saturated rings. The molecular weight excluding hydrogens is 352 g/mol. The molecule has 1 aliphatic heterocycles. The fourth-order valence-corrected chi connectivity index (χ4v) is 5.04. The van der Waals surface area contributed by atoms with Crippen molar-refractivity contribution in [2.45, 2.75) is 44.1 Å². The Kier molecular flexibility index (Phi) is 5.58. The summed E-state index contributed by atoms with van der Waals surface area (Å²) in [6.45, 7) is 0.846. The minimum absolute atomic E-state index is 0.0517. The third-order valence-electron chi connectivity index (χ3n) is 5.76. The van der Waals surface area contributed by atoms with Crippen molar-refractivity contribution in [1.82, 2.24) is 9.62 Å². The van der Waals surface area contributed by atoms with Crippen LogP contribution in [-0.4, -0.2) is 45.1 Å². The van der Waals surface area contributed by atoms with Gasteiger partial charge in [-0.05, 0) is 43.4 Å². The molecule has 0 atom stereocenters. The second-order valence-electron chi connectivity index (χ2n) is 7.44. The van der Waals surface area contributed by atoms with E-state index in [9.17, 15) is 13.2 Å². The van der Waals surface area contributed by atoms with Crippen LogP contribution in [0.1, 0.15) is 44.1 Å². The van der Waals surface area contributed by atoms with E-state index in [1.807, 2.05) is 24.3 Å². The summed E-state index contributed by atoms with van der Waals surface area (Å²) in [5.41, 5.74) is 0.815. The van der Waals surface area contributed by atoms with E-state index in [0.29, 0.717) is 25.9 Å². The molecule has 3 rings (SSSR count). The summed E-state index contributed by atoms with van der Waals surface area (Å²) in [6.07, 6.45) is 6.46. The van der Waals surface area contributed by atoms with Crippen molar-refractivity contribution in [3.8, 4) is 5.75 Å². The fourth-order valence-electron chi connectivity index (χ4n) is 4.16. The molecule has 1 aromatic rings. The van der Waals surface area contributed by atoms with Crippen LogP contribution in [0.5, 0.6) is 5.75 Å². The van der Waals surface area contributed by atoms with Crippen molar-refractivity contribution in [2.24, 2.45) is 5.92 Å². The van der Waals surface area contributed by atoms with Gasteiger partial charge in [-0.1, -0.05) is 25.0 Å². The zero-order valence-corrected chi connectivity index (χ0v) is 16.3. The highest BCUT2D eigenvalue weighted by atomic mass is 32.2. The summed E-state index contributed by atoms with van der Waals surface area (Å²) in [6, 6.07) is 7.95. The van der Waals surface area contributed by atoms with E-state index in [-0.39, 0.29) is 17.4 Å². The second kappa shape index (κ2) is 7.56. The monoisotopic (exact) mass is 380 g/mol. The zero-order valence-electron chi connectivity index (χ0n) is 15.5. The van der Waals surface area contributed by atoms with Gasteiger partial charge in [-0.15, -0.1) is 0 Å². The van der Waals surface area contributed by atoms with Crippen molar-refractivity contribution in [2.75, 3.05) is 26.5 Å². The van der Waals surface area contributed by atoms with Gasteiger partial charge in [0, 0.05) is 19.0 Å². The molecule has 1 N–H and O–H groups in total. The van der Waals surface area contributed by atoms with Gasteiger partial charge in [0.15, 0.2) is 0 Å². The first-order valence-corrected chi connectivity index (χ1v) is 11.1. The number of rotatable bonds is 5. The van der Waals surface area contributed by atoms with Crippen molar-refractivity contribution < 1.29 is 17.9 Å². The van der Waals surface area contributed by atoms with Gasteiger partial charge in [-0.25, -0.2) is 12.7 Å². The first kappa shape index (κ1) is 19.2. The van der Waals surface area contributed by atoms with Crippen LogP contribution in [0.2, 0.25) is 0 Å². The van der Waals surface area contributed by atoms with Gasteiger partial charge in [0.1, 0.15) is 5.75 Å². The highest BCUT2D eigenvalue weighted by Crippen LogP contribution is 2.39. The second-order valence-corrected chi connectivity index (χ2v) is 9.43. The van der Waals surface area contributed by atoms with Crippen LogP contribution in [-0.2, 0) is 20.4 Å². The normalized spacial score (nSPS) is 21.5. The molecule has 1 saturated carbocycles. The van der Waals surface area contributed by atoms with Crippen LogP contribution in [0.25, 0.3) is 0 Å². The molecule has 1 aromatic carbocycles. The van der Waals surface area contributed by atoms with E-state index in [0.717, 1.165) is 37.0 Å². The lowest BCUT2D eigenvalue weighted by Gasteiger charge is -2.35. The van der Waals surface area contributed by atoms with E-state index in [1.54, 1.807) is 7.11 Å². The number of carbonyl (C=O) groups excluding carboxylic acids is 1. The van der Waals surface area contributed by atoms with Gasteiger partial charge in [0.25, 0.3) is 0 Å². The SMILES string of the molecule is COc1ccc(C2(NC(=O)C3CCN(S(C)(=O)=O)CC3)CCCC2)cc1. The lowest BCUT2D eigenvalue weighted by Crippen LogP contribution is -2.49. The average molecular weight is 381 g/mol. The van der Waals surface area contributed by atoms with Gasteiger partial charge in [0.05, 0.1) is 18.9 Å². The van der Waals surface area contributed by atoms with E-state index in [2.05, 4.69) is 5.32 Å². The zero-order chi connectivity index (χ0) is 18.8. The van der Waals surface area contributed by atoms with Crippen molar-refractivity contribution in [3.63, 3.8) is 0 Å². The van der Waals surface area contributed by atoms with Gasteiger partial charge < -0.3 is 10.1 Å². The summed E-state index contributed by atoms with van der Waals surface area (Å²) < 4.78 is 30.0. The topological polar surface area (TPSA) is 75.7 Å². The van der Waals surface area contributed by atoms with E-state index >= 15 is 0 Å². The Morgan fingerprint density at radius 1 is 1.15 bits per heavy atom. The van der Waals surface area contributed by atoms with Crippen molar-refractivity contribution >= 4 is 15.9 Å². The van der Waals surface area contributed by atoms with Gasteiger partial charge >= 0.3 is 0 Å². The maximum atomic E-state index is 12.9. The summed E-state index contributed by atoms with van der Waals surface area (Å²) in [7, 11) is -1.53. The van der Waals surface area contributed by atoms with E-state index in [4.69, 9.17) is 4.74 Å². The molecule has 1 amide bonds. The number of methoxy groups -OCH3 is 1. The summed E-state index contributed by atoms with van der Waals surface area (Å²) in [4.78, 5) is 12.9. The van der Waals surface area contributed by atoms with Gasteiger partial charge in [-0.3, -0.25) is 4.79 Å². The molecule has 0 spiro atoms. The maximum absolute atomic E-state index is 12.9. The molecule has 1 saturated heterocycles. The quantitative estimate of drug-likeness (QED) is 0.850. The molecular formula is C19H28N2O4S. The number of hydrogen-bond donors (Lipinski definition) is 1. The molecule has 26 heavy (non-hydrogen) atoms. The van der Waals surface area contributed by atoms with Crippen LogP contribution in [0, 0.1) is 5.92 Å². The third kappa shape index (κ3) is 4.04. The molecule has 1 aliphatic carbocycles. The molecule has 6 nitrogen and oxygen atoms in total. The number of ether oxygens (including phenoxy) is 1. The van der Waals surface area contributed by atoms with Crippen LogP contribution < -0.4 is 10.1 Å². The summed E-state index contributed by atoms with van der Waals surface area (Å²) in [5, 5.41) is 3.32. The fraction of sp³-hybridized carbons (Fsp3) is 0.632. The Balaban J connectivity index is 1.69. The number of nitrogens with zero attached hydrogens (tertiary/aromatic N) is 1. The number of nitrogens with one attached hydrogen (secondary N) is 1. The Labute approximate surface area is 156 Å². The summed E-state index contributed by atoms with van der Waals surface area (Å²) >= 11 is 0.